The molecule has 1 heterocycles. The van der Waals surface area contributed by atoms with E-state index in [9.17, 15) is 9.59 Å². The Bertz CT molecular complexity index is 231. The van der Waals surface area contributed by atoms with Crippen LogP contribution in [0.25, 0.3) is 0 Å². The molecule has 0 aliphatic carbocycles. The summed E-state index contributed by atoms with van der Waals surface area (Å²) >= 11 is 0. The molecule has 3 nitrogen and oxygen atoms in total. The Morgan fingerprint density at radius 3 is 3.00 bits per heavy atom. The molecule has 0 radical (unpaired) electrons. The number of amides is 1. The molecule has 3 heteroatoms. The Labute approximate surface area is 86.7 Å². The summed E-state index contributed by atoms with van der Waals surface area (Å²) in [5.74, 6) is 0.506. The van der Waals surface area contributed by atoms with Crippen molar-refractivity contribution in [3.8, 4) is 0 Å². The van der Waals surface area contributed by atoms with Gasteiger partial charge in [-0.3, -0.25) is 9.59 Å². The maximum absolute atomic E-state index is 11.6. The van der Waals surface area contributed by atoms with Gasteiger partial charge >= 0.3 is 0 Å². The average Bonchev–Trinajstić information content (AvgIpc) is 2.16. The van der Waals surface area contributed by atoms with Crippen LogP contribution in [0.1, 0.15) is 47.4 Å². The van der Waals surface area contributed by atoms with Gasteiger partial charge in [0.25, 0.3) is 0 Å². The molecule has 0 bridgehead atoms. The highest BCUT2D eigenvalue weighted by atomic mass is 16.2. The van der Waals surface area contributed by atoms with E-state index in [4.69, 9.17) is 0 Å². The van der Waals surface area contributed by atoms with Gasteiger partial charge in [0.1, 0.15) is 5.78 Å². The van der Waals surface area contributed by atoms with E-state index in [1.54, 1.807) is 0 Å². The van der Waals surface area contributed by atoms with Gasteiger partial charge in [0.15, 0.2) is 0 Å². The van der Waals surface area contributed by atoms with E-state index < -0.39 is 0 Å². The highest BCUT2D eigenvalue weighted by Gasteiger charge is 2.22. The van der Waals surface area contributed by atoms with E-state index in [0.717, 1.165) is 19.3 Å². The van der Waals surface area contributed by atoms with Gasteiger partial charge in [0, 0.05) is 26.2 Å². The molecule has 0 aromatic rings. The van der Waals surface area contributed by atoms with E-state index in [-0.39, 0.29) is 25.1 Å². The first-order chi connectivity index (χ1) is 6.63. The molecule has 2 atom stereocenters. The number of hydrogen-bond donors (Lipinski definition) is 1. The zero-order valence-corrected chi connectivity index (χ0v) is 9.01. The topological polar surface area (TPSA) is 46.2 Å². The van der Waals surface area contributed by atoms with Crippen molar-refractivity contribution in [3.63, 3.8) is 0 Å². The van der Waals surface area contributed by atoms with Gasteiger partial charge in [-0.2, -0.15) is 0 Å². The van der Waals surface area contributed by atoms with Crippen LogP contribution in [-0.4, -0.2) is 17.7 Å². The minimum atomic E-state index is 0. The third kappa shape index (κ3) is 3.13. The number of ketones is 1. The molecule has 1 aliphatic heterocycles. The molecule has 2 unspecified atom stereocenters. The summed E-state index contributed by atoms with van der Waals surface area (Å²) in [6.07, 6.45) is 3.90. The van der Waals surface area contributed by atoms with E-state index in [1.165, 1.54) is 0 Å². The molecule has 1 amide bonds. The Morgan fingerprint density at radius 2 is 2.43 bits per heavy atom. The number of hydrogen-bond acceptors (Lipinski definition) is 2. The van der Waals surface area contributed by atoms with Crippen molar-refractivity contribution in [2.75, 3.05) is 0 Å². The zero-order chi connectivity index (χ0) is 10.6. The summed E-state index contributed by atoms with van der Waals surface area (Å²) in [6, 6.07) is 0.0951. The van der Waals surface area contributed by atoms with Crippen LogP contribution in [0.4, 0.5) is 0 Å². The van der Waals surface area contributed by atoms with E-state index in [2.05, 4.69) is 5.32 Å². The van der Waals surface area contributed by atoms with Crippen LogP contribution >= 0.6 is 0 Å². The number of carbonyl (C=O) groups excluding carboxylic acids is 2. The fourth-order valence-electron chi connectivity index (χ4n) is 1.71. The molecule has 1 N–H and O–H groups in total. The number of Topliss-reactive ketones (excluding diaryl/α,β-unsaturated/α-hetero) is 1. The standard InChI is InChI=1S/C11H19NO2.H2/c1-3-8(2)10(13)7-9-5-4-6-11(14)12-9;/h8-9H,3-7H2,1-2H3,(H,12,14);1H. The van der Waals surface area contributed by atoms with Crippen molar-refractivity contribution < 1.29 is 11.0 Å². The van der Waals surface area contributed by atoms with Gasteiger partial charge in [-0.1, -0.05) is 13.8 Å². The van der Waals surface area contributed by atoms with Gasteiger partial charge in [-0.05, 0) is 19.3 Å². The largest absolute Gasteiger partial charge is 0.353 e. The van der Waals surface area contributed by atoms with E-state index >= 15 is 0 Å². The first-order valence-corrected chi connectivity index (χ1v) is 5.45. The summed E-state index contributed by atoms with van der Waals surface area (Å²) in [6.45, 7) is 3.97. The minimum absolute atomic E-state index is 0. The van der Waals surface area contributed by atoms with Crippen LogP contribution in [0.2, 0.25) is 0 Å². The van der Waals surface area contributed by atoms with Gasteiger partial charge < -0.3 is 5.32 Å². The molecule has 0 saturated carbocycles. The third-order valence-corrected chi connectivity index (χ3v) is 2.93. The highest BCUT2D eigenvalue weighted by molar-refractivity contribution is 5.83. The second-order valence-corrected chi connectivity index (χ2v) is 4.14. The maximum atomic E-state index is 11.6. The molecule has 0 aromatic carbocycles. The number of carbonyl (C=O) groups is 2. The zero-order valence-electron chi connectivity index (χ0n) is 9.01. The first kappa shape index (κ1) is 11.2. The third-order valence-electron chi connectivity index (χ3n) is 2.93. The molecular formula is C11H21NO2. The van der Waals surface area contributed by atoms with Gasteiger partial charge in [0.05, 0.1) is 0 Å². The van der Waals surface area contributed by atoms with Crippen LogP contribution in [0.15, 0.2) is 0 Å². The van der Waals surface area contributed by atoms with Crippen molar-refractivity contribution in [2.45, 2.75) is 52.0 Å². The fourth-order valence-corrected chi connectivity index (χ4v) is 1.71. The molecular weight excluding hydrogens is 178 g/mol. The SMILES string of the molecule is CCC(C)C(=O)CC1CCCC(=O)N1.[HH]. The predicted molar refractivity (Wildman–Crippen MR) is 57.0 cm³/mol. The lowest BCUT2D eigenvalue weighted by molar-refractivity contribution is -0.125. The van der Waals surface area contributed by atoms with Gasteiger partial charge in [-0.15, -0.1) is 0 Å². The Hall–Kier alpha value is -0.860. The van der Waals surface area contributed by atoms with Crippen LogP contribution in [0, 0.1) is 5.92 Å². The summed E-state index contributed by atoms with van der Waals surface area (Å²) in [4.78, 5) is 22.7. The van der Waals surface area contributed by atoms with Crippen molar-refractivity contribution in [2.24, 2.45) is 5.92 Å². The fraction of sp³-hybridized carbons (Fsp3) is 0.818. The molecule has 1 saturated heterocycles. The number of nitrogens with one attached hydrogen (secondary N) is 1. The molecule has 0 spiro atoms. The van der Waals surface area contributed by atoms with Crippen molar-refractivity contribution in [3.05, 3.63) is 0 Å². The lowest BCUT2D eigenvalue weighted by Crippen LogP contribution is -2.40. The molecule has 1 fully saturated rings. The normalized spacial score (nSPS) is 24.1. The average molecular weight is 199 g/mol. The summed E-state index contributed by atoms with van der Waals surface area (Å²) in [5, 5.41) is 2.87. The number of piperidine rings is 1. The van der Waals surface area contributed by atoms with Crippen molar-refractivity contribution in [1.29, 1.82) is 0 Å². The smallest absolute Gasteiger partial charge is 0.220 e. The number of rotatable bonds is 4. The predicted octanol–water partition coefficient (Wildman–Crippen LogP) is 1.91. The molecule has 1 rings (SSSR count). The lowest BCUT2D eigenvalue weighted by Gasteiger charge is -2.23. The Balaban J connectivity index is 0.00000196. The Kier molecular flexibility index (Phi) is 4.11. The second kappa shape index (κ2) is 5.13. The van der Waals surface area contributed by atoms with E-state index in [0.29, 0.717) is 12.8 Å². The highest BCUT2D eigenvalue weighted by Crippen LogP contribution is 2.14. The quantitative estimate of drug-likeness (QED) is 0.751. The van der Waals surface area contributed by atoms with Gasteiger partial charge in [-0.25, -0.2) is 0 Å². The minimum Gasteiger partial charge on any atom is -0.353 e. The summed E-state index contributed by atoms with van der Waals surface area (Å²) in [7, 11) is 0. The molecule has 82 valence electrons. The maximum Gasteiger partial charge on any atom is 0.220 e. The van der Waals surface area contributed by atoms with Crippen LogP contribution < -0.4 is 5.32 Å². The molecule has 0 aromatic heterocycles. The van der Waals surface area contributed by atoms with Crippen molar-refractivity contribution >= 4 is 11.7 Å². The van der Waals surface area contributed by atoms with Crippen molar-refractivity contribution in [1.82, 2.24) is 5.32 Å². The first-order valence-electron chi connectivity index (χ1n) is 5.45. The molecule has 14 heavy (non-hydrogen) atoms. The van der Waals surface area contributed by atoms with Gasteiger partial charge in [0.2, 0.25) is 5.91 Å². The summed E-state index contributed by atoms with van der Waals surface area (Å²) < 4.78 is 0. The second-order valence-electron chi connectivity index (χ2n) is 4.14. The lowest BCUT2D eigenvalue weighted by atomic mass is 9.93. The Morgan fingerprint density at radius 1 is 1.71 bits per heavy atom. The summed E-state index contributed by atoms with van der Waals surface area (Å²) in [5.41, 5.74) is 0. The van der Waals surface area contributed by atoms with E-state index in [1.807, 2.05) is 13.8 Å². The monoisotopic (exact) mass is 199 g/mol. The van der Waals surface area contributed by atoms with Crippen LogP contribution in [0.5, 0.6) is 0 Å². The molecule has 1 aliphatic rings. The van der Waals surface area contributed by atoms with Crippen LogP contribution in [0.3, 0.4) is 0 Å². The van der Waals surface area contributed by atoms with Crippen LogP contribution in [-0.2, 0) is 9.59 Å².